The summed E-state index contributed by atoms with van der Waals surface area (Å²) in [5.74, 6) is -1.35. The van der Waals surface area contributed by atoms with Crippen molar-refractivity contribution in [3.05, 3.63) is 64.9 Å². The van der Waals surface area contributed by atoms with Gasteiger partial charge in [-0.05, 0) is 23.8 Å². The van der Waals surface area contributed by atoms with Crippen LogP contribution in [-0.4, -0.2) is 18.5 Å². The van der Waals surface area contributed by atoms with Crippen molar-refractivity contribution >= 4 is 29.2 Å². The van der Waals surface area contributed by atoms with E-state index in [0.717, 1.165) is 11.6 Å². The molecule has 0 saturated carbocycles. The van der Waals surface area contributed by atoms with Gasteiger partial charge in [-0.3, -0.25) is 9.59 Å². The predicted octanol–water partition coefficient (Wildman–Crippen LogP) is 3.98. The highest BCUT2D eigenvalue weighted by molar-refractivity contribution is 6.31. The molecule has 0 aromatic heterocycles. The summed E-state index contributed by atoms with van der Waals surface area (Å²) in [6, 6.07) is 13.5. The molecule has 6 heteroatoms. The highest BCUT2D eigenvalue weighted by atomic mass is 35.5. The summed E-state index contributed by atoms with van der Waals surface area (Å²) in [5.41, 5.74) is 1.46. The number of hydrogen-bond acceptors (Lipinski definition) is 3. The Labute approximate surface area is 144 Å². The molecule has 1 N–H and O–H groups in total. The fourth-order valence-electron chi connectivity index (χ4n) is 2.01. The van der Waals surface area contributed by atoms with Crippen LogP contribution in [0.3, 0.4) is 0 Å². The molecule has 0 aliphatic carbocycles. The summed E-state index contributed by atoms with van der Waals surface area (Å²) in [6.45, 7) is 0.276. The Kier molecular flexibility index (Phi) is 6.75. The summed E-state index contributed by atoms with van der Waals surface area (Å²) < 4.78 is 18.1. The van der Waals surface area contributed by atoms with Gasteiger partial charge < -0.3 is 10.1 Å². The number of carbonyl (C=O) groups is 2. The van der Waals surface area contributed by atoms with Crippen molar-refractivity contribution in [3.63, 3.8) is 0 Å². The highest BCUT2D eigenvalue weighted by Crippen LogP contribution is 2.19. The molecular weight excluding hydrogens is 333 g/mol. The molecule has 4 nitrogen and oxygen atoms in total. The summed E-state index contributed by atoms with van der Waals surface area (Å²) >= 11 is 5.63. The molecule has 1 amide bonds. The second kappa shape index (κ2) is 9.03. The molecule has 0 unspecified atom stereocenters. The van der Waals surface area contributed by atoms with Crippen molar-refractivity contribution in [2.45, 2.75) is 19.3 Å². The van der Waals surface area contributed by atoms with Crippen LogP contribution >= 0.6 is 11.6 Å². The van der Waals surface area contributed by atoms with Crippen molar-refractivity contribution in [1.82, 2.24) is 0 Å². The van der Waals surface area contributed by atoms with Gasteiger partial charge in [-0.15, -0.1) is 0 Å². The number of hydrogen-bond donors (Lipinski definition) is 1. The lowest BCUT2D eigenvalue weighted by Crippen LogP contribution is -2.15. The van der Waals surface area contributed by atoms with Crippen LogP contribution in [0.15, 0.2) is 48.5 Å². The van der Waals surface area contributed by atoms with Gasteiger partial charge in [-0.25, -0.2) is 4.39 Å². The number of carbonyl (C=O) groups excluding carboxylic acids is 2. The zero-order valence-corrected chi connectivity index (χ0v) is 13.7. The minimum atomic E-state index is -0.559. The normalized spacial score (nSPS) is 10.2. The van der Waals surface area contributed by atoms with Gasteiger partial charge in [0.25, 0.3) is 0 Å². The third-order valence-corrected chi connectivity index (χ3v) is 3.55. The molecule has 2 aromatic rings. The number of esters is 1. The minimum absolute atomic E-state index is 0.0147. The van der Waals surface area contributed by atoms with Gasteiger partial charge in [0.2, 0.25) is 5.91 Å². The van der Waals surface area contributed by atoms with E-state index >= 15 is 0 Å². The number of amides is 1. The zero-order chi connectivity index (χ0) is 17.4. The van der Waals surface area contributed by atoms with Crippen LogP contribution < -0.4 is 5.32 Å². The number of rotatable bonds is 7. The van der Waals surface area contributed by atoms with Crippen LogP contribution in [0.25, 0.3) is 0 Å². The molecule has 0 radical (unpaired) electrons. The van der Waals surface area contributed by atoms with Gasteiger partial charge in [0.05, 0.1) is 18.1 Å². The molecule has 0 heterocycles. The molecule has 0 fully saturated rings. The first-order chi connectivity index (χ1) is 11.5. The van der Waals surface area contributed by atoms with Crippen molar-refractivity contribution in [2.24, 2.45) is 0 Å². The Morgan fingerprint density at radius 2 is 1.83 bits per heavy atom. The first-order valence-corrected chi connectivity index (χ1v) is 7.87. The summed E-state index contributed by atoms with van der Waals surface area (Å²) in [4.78, 5) is 23.4. The average Bonchev–Trinajstić information content (AvgIpc) is 2.57. The second-order valence-corrected chi connectivity index (χ2v) is 5.54. The lowest BCUT2D eigenvalue weighted by Gasteiger charge is -2.07. The predicted molar refractivity (Wildman–Crippen MR) is 90.4 cm³/mol. The van der Waals surface area contributed by atoms with Gasteiger partial charge in [0.1, 0.15) is 5.82 Å². The Morgan fingerprint density at radius 3 is 2.54 bits per heavy atom. The third kappa shape index (κ3) is 6.01. The van der Waals surface area contributed by atoms with Crippen LogP contribution in [0.1, 0.15) is 18.4 Å². The summed E-state index contributed by atoms with van der Waals surface area (Å²) in [6.07, 6.45) is 0.599. The minimum Gasteiger partial charge on any atom is -0.465 e. The number of nitrogens with one attached hydrogen (secondary N) is 1. The largest absolute Gasteiger partial charge is 0.465 e. The van der Waals surface area contributed by atoms with E-state index in [4.69, 9.17) is 16.3 Å². The van der Waals surface area contributed by atoms with Crippen LogP contribution in [0.5, 0.6) is 0 Å². The Balaban J connectivity index is 1.67. The summed E-state index contributed by atoms with van der Waals surface area (Å²) in [7, 11) is 0. The maximum Gasteiger partial charge on any atom is 0.306 e. The zero-order valence-electron chi connectivity index (χ0n) is 12.9. The maximum atomic E-state index is 13.0. The van der Waals surface area contributed by atoms with Gasteiger partial charge in [0.15, 0.2) is 0 Å². The number of benzene rings is 2. The fraction of sp³-hybridized carbons (Fsp3) is 0.222. The molecule has 0 spiro atoms. The number of anilines is 1. The lowest BCUT2D eigenvalue weighted by atomic mass is 10.2. The Morgan fingerprint density at radius 1 is 1.08 bits per heavy atom. The Bertz CT molecular complexity index is 707. The fourth-order valence-corrected chi connectivity index (χ4v) is 2.19. The third-order valence-electron chi connectivity index (χ3n) is 3.26. The van der Waals surface area contributed by atoms with Gasteiger partial charge in [0, 0.05) is 18.5 Å². The molecule has 2 aromatic carbocycles. The van der Waals surface area contributed by atoms with Crippen LogP contribution in [0, 0.1) is 5.82 Å². The number of ether oxygens (including phenoxy) is 1. The first kappa shape index (κ1) is 17.9. The van der Waals surface area contributed by atoms with Gasteiger partial charge in [-0.1, -0.05) is 41.9 Å². The van der Waals surface area contributed by atoms with Crippen LogP contribution in [0.4, 0.5) is 10.1 Å². The van der Waals surface area contributed by atoms with Crippen molar-refractivity contribution in [3.8, 4) is 0 Å². The SMILES string of the molecule is O=C(CCC(=O)OCCc1ccccc1)Nc1ccc(F)c(Cl)c1. The van der Waals surface area contributed by atoms with E-state index in [-0.39, 0.29) is 30.4 Å². The average molecular weight is 350 g/mol. The van der Waals surface area contributed by atoms with Gasteiger partial charge in [-0.2, -0.15) is 0 Å². The summed E-state index contributed by atoms with van der Waals surface area (Å²) in [5, 5.41) is 2.47. The molecule has 0 aliphatic heterocycles. The number of halogens is 2. The van der Waals surface area contributed by atoms with E-state index in [1.54, 1.807) is 0 Å². The molecular formula is C18H17ClFNO3. The van der Waals surface area contributed by atoms with Crippen LogP contribution in [0.2, 0.25) is 5.02 Å². The first-order valence-electron chi connectivity index (χ1n) is 7.49. The highest BCUT2D eigenvalue weighted by Gasteiger charge is 2.09. The molecule has 24 heavy (non-hydrogen) atoms. The van der Waals surface area contributed by atoms with E-state index in [2.05, 4.69) is 5.32 Å². The van der Waals surface area contributed by atoms with Crippen molar-refractivity contribution in [1.29, 1.82) is 0 Å². The molecule has 0 atom stereocenters. The standard InChI is InChI=1S/C18H17ClFNO3/c19-15-12-14(6-7-16(15)20)21-17(22)8-9-18(23)24-11-10-13-4-2-1-3-5-13/h1-7,12H,8-11H2,(H,21,22). The van der Waals surface area contributed by atoms with E-state index in [0.29, 0.717) is 12.1 Å². The second-order valence-electron chi connectivity index (χ2n) is 5.13. The van der Waals surface area contributed by atoms with E-state index < -0.39 is 11.8 Å². The van der Waals surface area contributed by atoms with E-state index in [1.165, 1.54) is 12.1 Å². The quantitative estimate of drug-likeness (QED) is 0.769. The smallest absolute Gasteiger partial charge is 0.306 e. The maximum absolute atomic E-state index is 13.0. The molecule has 0 bridgehead atoms. The van der Waals surface area contributed by atoms with E-state index in [9.17, 15) is 14.0 Å². The molecule has 0 aliphatic rings. The van der Waals surface area contributed by atoms with Crippen molar-refractivity contribution in [2.75, 3.05) is 11.9 Å². The molecule has 2 rings (SSSR count). The topological polar surface area (TPSA) is 55.4 Å². The van der Waals surface area contributed by atoms with Crippen LogP contribution in [-0.2, 0) is 20.7 Å². The Hall–Kier alpha value is -2.40. The lowest BCUT2D eigenvalue weighted by molar-refractivity contribution is -0.144. The van der Waals surface area contributed by atoms with Gasteiger partial charge >= 0.3 is 5.97 Å². The monoisotopic (exact) mass is 349 g/mol. The molecule has 0 saturated heterocycles. The van der Waals surface area contributed by atoms with E-state index in [1.807, 2.05) is 30.3 Å². The molecule has 126 valence electrons. The van der Waals surface area contributed by atoms with Crippen molar-refractivity contribution < 1.29 is 18.7 Å².